The third kappa shape index (κ3) is 1.71. The van der Waals surface area contributed by atoms with Gasteiger partial charge >= 0.3 is 0 Å². The smallest absolute Gasteiger partial charge is 0.184 e. The number of rotatable bonds is 1. The molecule has 1 heterocycles. The topological polar surface area (TPSA) is 12.9 Å². The maximum Gasteiger partial charge on any atom is 0.184 e. The Labute approximate surface area is 77.6 Å². The van der Waals surface area contributed by atoms with Crippen molar-refractivity contribution in [2.45, 2.75) is 19.8 Å². The second-order valence-corrected chi connectivity index (χ2v) is 5.18. The van der Waals surface area contributed by atoms with Crippen LogP contribution in [0.1, 0.15) is 25.5 Å². The largest absolute Gasteiger partial charge is 0.229 e. The average Bonchev–Trinajstić information content (AvgIpc) is 2.10. The van der Waals surface area contributed by atoms with Gasteiger partial charge in [0, 0.05) is 0 Å². The zero-order valence-electron chi connectivity index (χ0n) is 5.69. The molecule has 0 aliphatic heterocycles. The van der Waals surface area contributed by atoms with Crippen LogP contribution in [0.3, 0.4) is 0 Å². The van der Waals surface area contributed by atoms with Crippen molar-refractivity contribution in [2.24, 2.45) is 0 Å². The first-order chi connectivity index (χ1) is 4.61. The lowest BCUT2D eigenvalue weighted by Gasteiger charge is -1.97. The normalized spacial score (nSPS) is 10.9. The Morgan fingerprint density at radius 3 is 2.40 bits per heavy atom. The highest BCUT2D eigenvalue weighted by Crippen LogP contribution is 2.32. The summed E-state index contributed by atoms with van der Waals surface area (Å²) in [6.07, 6.45) is 0. The fraction of sp³-hybridized carbons (Fsp3) is 0.500. The minimum Gasteiger partial charge on any atom is -0.229 e. The van der Waals surface area contributed by atoms with Crippen LogP contribution in [-0.2, 0) is 0 Å². The Bertz CT molecular complexity index is 234. The van der Waals surface area contributed by atoms with Gasteiger partial charge in [0.1, 0.15) is 0 Å². The van der Waals surface area contributed by atoms with Crippen molar-refractivity contribution < 1.29 is 0 Å². The Kier molecular flexibility index (Phi) is 2.72. The van der Waals surface area contributed by atoms with E-state index in [1.165, 1.54) is 11.3 Å². The summed E-state index contributed by atoms with van der Waals surface area (Å²) in [5.41, 5.74) is 1.05. The third-order valence-corrected chi connectivity index (χ3v) is 2.99. The molecular formula is C6H7BrClNS. The van der Waals surface area contributed by atoms with E-state index in [1.54, 1.807) is 0 Å². The molecule has 0 atom stereocenters. The number of halogens is 2. The highest BCUT2D eigenvalue weighted by Gasteiger charge is 2.09. The van der Waals surface area contributed by atoms with Crippen LogP contribution in [0.15, 0.2) is 3.79 Å². The highest BCUT2D eigenvalue weighted by molar-refractivity contribution is 9.11. The van der Waals surface area contributed by atoms with Gasteiger partial charge in [0.05, 0.1) is 9.48 Å². The molecule has 0 N–H and O–H groups in total. The van der Waals surface area contributed by atoms with Gasteiger partial charge in [-0.1, -0.05) is 36.8 Å². The van der Waals surface area contributed by atoms with Gasteiger partial charge in [-0.15, -0.1) is 0 Å². The molecule has 0 saturated carbocycles. The Balaban J connectivity index is 3.03. The molecule has 4 heteroatoms. The lowest BCUT2D eigenvalue weighted by Crippen LogP contribution is -1.86. The average molecular weight is 241 g/mol. The highest BCUT2D eigenvalue weighted by atomic mass is 79.9. The number of thiazole rings is 1. The van der Waals surface area contributed by atoms with E-state index in [-0.39, 0.29) is 0 Å². The first kappa shape index (κ1) is 8.50. The summed E-state index contributed by atoms with van der Waals surface area (Å²) in [6.45, 7) is 4.19. The van der Waals surface area contributed by atoms with Crippen LogP contribution in [0.25, 0.3) is 0 Å². The molecule has 1 rings (SSSR count). The molecule has 0 aliphatic carbocycles. The van der Waals surface area contributed by atoms with Crippen LogP contribution in [0.2, 0.25) is 4.47 Å². The molecule has 1 aromatic heterocycles. The number of aromatic nitrogens is 1. The maximum absolute atomic E-state index is 5.69. The SMILES string of the molecule is CC(C)c1nc(Cl)sc1Br. The summed E-state index contributed by atoms with van der Waals surface area (Å²) in [5.74, 6) is 0.443. The zero-order valence-corrected chi connectivity index (χ0v) is 8.85. The molecule has 0 bridgehead atoms. The van der Waals surface area contributed by atoms with Gasteiger partial charge in [-0.05, 0) is 21.8 Å². The number of hydrogen-bond donors (Lipinski definition) is 0. The van der Waals surface area contributed by atoms with Crippen molar-refractivity contribution in [3.05, 3.63) is 13.9 Å². The quantitative estimate of drug-likeness (QED) is 0.730. The predicted octanol–water partition coefficient (Wildman–Crippen LogP) is 3.68. The van der Waals surface area contributed by atoms with Crippen molar-refractivity contribution in [1.29, 1.82) is 0 Å². The van der Waals surface area contributed by atoms with E-state index in [2.05, 4.69) is 34.8 Å². The van der Waals surface area contributed by atoms with Crippen molar-refractivity contribution in [2.75, 3.05) is 0 Å². The van der Waals surface area contributed by atoms with E-state index in [9.17, 15) is 0 Å². The lowest BCUT2D eigenvalue weighted by atomic mass is 10.2. The lowest BCUT2D eigenvalue weighted by molar-refractivity contribution is 0.828. The molecule has 0 amide bonds. The maximum atomic E-state index is 5.69. The van der Waals surface area contributed by atoms with Gasteiger partial charge in [-0.3, -0.25) is 0 Å². The van der Waals surface area contributed by atoms with Crippen LogP contribution in [0.4, 0.5) is 0 Å². The number of nitrogens with zero attached hydrogens (tertiary/aromatic N) is 1. The molecule has 56 valence electrons. The molecule has 0 spiro atoms. The summed E-state index contributed by atoms with van der Waals surface area (Å²) in [7, 11) is 0. The van der Waals surface area contributed by atoms with Gasteiger partial charge in [-0.25, -0.2) is 4.98 Å². The summed E-state index contributed by atoms with van der Waals surface area (Å²) in [5, 5.41) is 0. The van der Waals surface area contributed by atoms with Crippen LogP contribution < -0.4 is 0 Å². The fourth-order valence-corrected chi connectivity index (χ4v) is 2.93. The summed E-state index contributed by atoms with van der Waals surface area (Å²) in [4.78, 5) is 4.15. The minimum absolute atomic E-state index is 0.443. The standard InChI is InChI=1S/C6H7BrClNS/c1-3(2)4-5(7)10-6(8)9-4/h3H,1-2H3. The second kappa shape index (κ2) is 3.20. The van der Waals surface area contributed by atoms with Crippen molar-refractivity contribution >= 4 is 38.9 Å². The first-order valence-electron chi connectivity index (χ1n) is 2.93. The number of hydrogen-bond acceptors (Lipinski definition) is 2. The van der Waals surface area contributed by atoms with Gasteiger partial charge < -0.3 is 0 Å². The van der Waals surface area contributed by atoms with Crippen LogP contribution in [0.5, 0.6) is 0 Å². The zero-order chi connectivity index (χ0) is 7.72. The first-order valence-corrected chi connectivity index (χ1v) is 4.91. The van der Waals surface area contributed by atoms with E-state index in [4.69, 9.17) is 11.6 Å². The van der Waals surface area contributed by atoms with E-state index in [0.29, 0.717) is 10.4 Å². The molecular weight excluding hydrogens is 233 g/mol. The van der Waals surface area contributed by atoms with E-state index >= 15 is 0 Å². The van der Waals surface area contributed by atoms with Crippen LogP contribution in [0, 0.1) is 0 Å². The Morgan fingerprint density at radius 2 is 2.20 bits per heavy atom. The molecule has 0 unspecified atom stereocenters. The van der Waals surface area contributed by atoms with Gasteiger partial charge in [0.15, 0.2) is 4.47 Å². The van der Waals surface area contributed by atoms with E-state index in [1.807, 2.05) is 0 Å². The Hall–Kier alpha value is 0.400. The van der Waals surface area contributed by atoms with Gasteiger partial charge in [0.25, 0.3) is 0 Å². The molecule has 1 nitrogen and oxygen atoms in total. The van der Waals surface area contributed by atoms with Gasteiger partial charge in [-0.2, -0.15) is 0 Å². The van der Waals surface area contributed by atoms with E-state index in [0.717, 1.165) is 9.48 Å². The monoisotopic (exact) mass is 239 g/mol. The van der Waals surface area contributed by atoms with Crippen molar-refractivity contribution in [1.82, 2.24) is 4.98 Å². The molecule has 0 saturated heterocycles. The van der Waals surface area contributed by atoms with Crippen molar-refractivity contribution in [3.63, 3.8) is 0 Å². The fourth-order valence-electron chi connectivity index (χ4n) is 0.644. The van der Waals surface area contributed by atoms with Gasteiger partial charge in [0.2, 0.25) is 0 Å². The molecule has 10 heavy (non-hydrogen) atoms. The van der Waals surface area contributed by atoms with E-state index < -0.39 is 0 Å². The Morgan fingerprint density at radius 1 is 1.60 bits per heavy atom. The van der Waals surface area contributed by atoms with Crippen LogP contribution in [-0.4, -0.2) is 4.98 Å². The summed E-state index contributed by atoms with van der Waals surface area (Å²) < 4.78 is 1.66. The molecule has 0 aliphatic rings. The molecule has 0 radical (unpaired) electrons. The van der Waals surface area contributed by atoms with Crippen LogP contribution >= 0.6 is 38.9 Å². The second-order valence-electron chi connectivity index (χ2n) is 2.28. The van der Waals surface area contributed by atoms with Crippen molar-refractivity contribution in [3.8, 4) is 0 Å². The summed E-state index contributed by atoms with van der Waals surface area (Å²) in [6, 6.07) is 0. The summed E-state index contributed by atoms with van der Waals surface area (Å²) >= 11 is 10.5. The molecule has 1 aromatic rings. The minimum atomic E-state index is 0.443. The molecule has 0 fully saturated rings. The predicted molar refractivity (Wildman–Crippen MR) is 48.9 cm³/mol. The molecule has 0 aromatic carbocycles. The third-order valence-electron chi connectivity index (χ3n) is 1.13.